The minimum absolute atomic E-state index is 0.0113. The molecule has 1 N–H and O–H groups in total. The minimum Gasteiger partial charge on any atom is -0.486 e. The molecule has 164 valence electrons. The Kier molecular flexibility index (Phi) is 3.80. The molecule has 1 saturated heterocycles. The largest absolute Gasteiger partial charge is 0.486 e. The van der Waals surface area contributed by atoms with E-state index in [-0.39, 0.29) is 22.9 Å². The molecular formula is C26H37NO3. The Morgan fingerprint density at radius 1 is 1.30 bits per heavy atom. The van der Waals surface area contributed by atoms with Gasteiger partial charge in [-0.25, -0.2) is 0 Å². The number of benzene rings is 1. The maximum Gasteiger partial charge on any atom is 0.138 e. The van der Waals surface area contributed by atoms with Crippen LogP contribution in [0.15, 0.2) is 12.1 Å². The van der Waals surface area contributed by atoms with Crippen molar-refractivity contribution in [3.8, 4) is 5.75 Å². The van der Waals surface area contributed by atoms with E-state index < -0.39 is 11.2 Å². The van der Waals surface area contributed by atoms with E-state index in [2.05, 4.69) is 44.9 Å². The van der Waals surface area contributed by atoms with Crippen LogP contribution >= 0.6 is 0 Å². The predicted octanol–water partition coefficient (Wildman–Crippen LogP) is 3.99. The zero-order chi connectivity index (χ0) is 21.1. The lowest BCUT2D eigenvalue weighted by molar-refractivity contribution is -0.301. The van der Waals surface area contributed by atoms with Gasteiger partial charge in [0.05, 0.1) is 5.60 Å². The van der Waals surface area contributed by atoms with Crippen molar-refractivity contribution in [2.75, 3.05) is 20.7 Å². The fraction of sp³-hybridized carbons (Fsp3) is 0.769. The highest BCUT2D eigenvalue weighted by molar-refractivity contribution is 5.61. The lowest BCUT2D eigenvalue weighted by Gasteiger charge is -2.74. The van der Waals surface area contributed by atoms with E-state index in [0.717, 1.165) is 50.8 Å². The molecule has 4 nitrogen and oxygen atoms in total. The number of hydrogen-bond donors (Lipinski definition) is 1. The van der Waals surface area contributed by atoms with Crippen LogP contribution in [0.1, 0.15) is 69.1 Å². The molecule has 4 bridgehead atoms. The van der Waals surface area contributed by atoms with Gasteiger partial charge in [0.2, 0.25) is 0 Å². The van der Waals surface area contributed by atoms with Crippen LogP contribution in [-0.4, -0.2) is 54.1 Å². The fourth-order valence-electron chi connectivity index (χ4n) is 9.24. The Bertz CT molecular complexity index is 912. The van der Waals surface area contributed by atoms with Crippen LogP contribution in [-0.2, 0) is 16.6 Å². The summed E-state index contributed by atoms with van der Waals surface area (Å²) in [6, 6.07) is 5.14. The molecule has 4 aliphatic carbocycles. The van der Waals surface area contributed by atoms with Gasteiger partial charge in [-0.15, -0.1) is 0 Å². The summed E-state index contributed by atoms with van der Waals surface area (Å²) in [5.74, 6) is 1.25. The fourth-order valence-corrected chi connectivity index (χ4v) is 9.24. The Morgan fingerprint density at radius 2 is 2.10 bits per heavy atom. The summed E-state index contributed by atoms with van der Waals surface area (Å²) in [5, 5.41) is 11.8. The molecule has 7 atom stereocenters. The van der Waals surface area contributed by atoms with E-state index >= 15 is 0 Å². The normalized spacial score (nSPS) is 45.1. The van der Waals surface area contributed by atoms with Gasteiger partial charge in [-0.2, -0.15) is 0 Å². The van der Waals surface area contributed by atoms with Gasteiger partial charge in [-0.05, 0) is 77.1 Å². The van der Waals surface area contributed by atoms with E-state index in [4.69, 9.17) is 9.47 Å². The van der Waals surface area contributed by atoms with Crippen LogP contribution in [0.25, 0.3) is 0 Å². The van der Waals surface area contributed by atoms with Gasteiger partial charge in [0.25, 0.3) is 0 Å². The molecule has 30 heavy (non-hydrogen) atoms. The van der Waals surface area contributed by atoms with Crippen LogP contribution in [0.3, 0.4) is 0 Å². The van der Waals surface area contributed by atoms with Crippen molar-refractivity contribution in [1.82, 2.24) is 4.90 Å². The van der Waals surface area contributed by atoms with E-state index in [1.807, 2.05) is 7.11 Å². The lowest BCUT2D eigenvalue weighted by Crippen LogP contribution is -2.82. The third-order valence-electron chi connectivity index (χ3n) is 10.4. The second-order valence-corrected chi connectivity index (χ2v) is 11.3. The molecule has 0 aromatic heterocycles. The zero-order valence-electron chi connectivity index (χ0n) is 19.3. The Hall–Kier alpha value is -1.10. The first-order valence-corrected chi connectivity index (χ1v) is 12.0. The average molecular weight is 412 g/mol. The summed E-state index contributed by atoms with van der Waals surface area (Å²) in [6.45, 7) is 7.56. The Balaban J connectivity index is 1.64. The van der Waals surface area contributed by atoms with Crippen molar-refractivity contribution in [3.05, 3.63) is 28.8 Å². The molecule has 1 aromatic carbocycles. The molecule has 4 fully saturated rings. The van der Waals surface area contributed by atoms with Gasteiger partial charge in [0.1, 0.15) is 17.5 Å². The molecule has 2 unspecified atom stereocenters. The quantitative estimate of drug-likeness (QED) is 0.813. The summed E-state index contributed by atoms with van der Waals surface area (Å²) >= 11 is 0. The van der Waals surface area contributed by atoms with Gasteiger partial charge in [-0.3, -0.25) is 0 Å². The maximum atomic E-state index is 11.8. The van der Waals surface area contributed by atoms with Crippen molar-refractivity contribution in [2.45, 2.75) is 94.5 Å². The van der Waals surface area contributed by atoms with Gasteiger partial charge in [0.15, 0.2) is 0 Å². The second-order valence-electron chi connectivity index (χ2n) is 11.3. The van der Waals surface area contributed by atoms with Gasteiger partial charge >= 0.3 is 0 Å². The van der Waals surface area contributed by atoms with Crippen LogP contribution in [0.5, 0.6) is 5.75 Å². The topological polar surface area (TPSA) is 41.9 Å². The molecule has 4 heteroatoms. The number of nitrogens with zero attached hydrogens (tertiary/aromatic N) is 1. The third kappa shape index (κ3) is 1.88. The van der Waals surface area contributed by atoms with E-state index in [0.29, 0.717) is 6.04 Å². The molecule has 3 saturated carbocycles. The third-order valence-corrected chi connectivity index (χ3v) is 10.4. The minimum atomic E-state index is -0.736. The average Bonchev–Trinajstić information content (AvgIpc) is 3.09. The van der Waals surface area contributed by atoms with Crippen LogP contribution in [0, 0.1) is 18.3 Å². The van der Waals surface area contributed by atoms with Crippen molar-refractivity contribution < 1.29 is 14.6 Å². The number of rotatable bonds is 4. The number of likely N-dealkylation sites (tertiary alicyclic amines) is 1. The summed E-state index contributed by atoms with van der Waals surface area (Å²) in [6.07, 6.45) is 7.29. The van der Waals surface area contributed by atoms with E-state index in [1.165, 1.54) is 23.1 Å². The number of ether oxygens (including phenoxy) is 2. The van der Waals surface area contributed by atoms with Crippen molar-refractivity contribution >= 4 is 0 Å². The summed E-state index contributed by atoms with van der Waals surface area (Å²) in [4.78, 5) is 2.62. The number of methoxy groups -OCH3 is 1. The first-order chi connectivity index (χ1) is 14.3. The van der Waals surface area contributed by atoms with E-state index in [1.54, 1.807) is 0 Å². The van der Waals surface area contributed by atoms with Crippen molar-refractivity contribution in [2.24, 2.45) is 11.3 Å². The number of likely N-dealkylation sites (N-methyl/N-ethyl adjacent to an activating group) is 1. The molecule has 0 amide bonds. The van der Waals surface area contributed by atoms with Crippen LogP contribution in [0.4, 0.5) is 0 Å². The summed E-state index contributed by atoms with van der Waals surface area (Å²) < 4.78 is 13.5. The number of hydrogen-bond acceptors (Lipinski definition) is 4. The highest BCUT2D eigenvalue weighted by Crippen LogP contribution is 2.77. The Morgan fingerprint density at radius 3 is 2.83 bits per heavy atom. The maximum absolute atomic E-state index is 11.8. The molecule has 6 aliphatic rings. The second kappa shape index (κ2) is 5.82. The van der Waals surface area contributed by atoms with Crippen molar-refractivity contribution in [1.29, 1.82) is 0 Å². The smallest absolute Gasteiger partial charge is 0.138 e. The van der Waals surface area contributed by atoms with Crippen molar-refractivity contribution in [3.63, 3.8) is 0 Å². The molecule has 2 aliphatic heterocycles. The van der Waals surface area contributed by atoms with Crippen LogP contribution in [0.2, 0.25) is 0 Å². The number of aryl methyl sites for hydroxylation is 1. The highest BCUT2D eigenvalue weighted by atomic mass is 16.6. The molecule has 1 aromatic rings. The van der Waals surface area contributed by atoms with Crippen LogP contribution < -0.4 is 4.74 Å². The molecular weight excluding hydrogens is 374 g/mol. The SMILES string of the molecule is CCCC(C)(O)C1C[C@@]23CC[C@@]1(OC)[C@@H]1Oc4c(C)ccc5c4[C@@]12CCN(C)[C@@H]3C5. The van der Waals surface area contributed by atoms with Gasteiger partial charge in [-0.1, -0.05) is 25.5 Å². The first-order valence-electron chi connectivity index (χ1n) is 12.0. The first kappa shape index (κ1) is 19.6. The molecule has 7 rings (SSSR count). The number of piperidine rings is 1. The van der Waals surface area contributed by atoms with Gasteiger partial charge in [0, 0.05) is 35.5 Å². The standard InChI is InChI=1S/C26H37NO3/c1-6-9-23(3,28)18-15-24-10-11-26(18,29-5)22-25(24)12-13-27(4)19(24)14-17-8-7-16(2)21(30-22)20(17)25/h7-8,18-19,22,28H,6,9-15H2,1-5H3/t18?,19-,22-,23?,24-,25+,26+/m1/s1. The molecule has 2 heterocycles. The molecule has 0 radical (unpaired) electrons. The summed E-state index contributed by atoms with van der Waals surface area (Å²) in [5.41, 5.74) is 3.32. The lowest BCUT2D eigenvalue weighted by atomic mass is 9.33. The zero-order valence-corrected chi connectivity index (χ0v) is 19.3. The summed E-state index contributed by atoms with van der Waals surface area (Å²) in [7, 11) is 4.20. The highest BCUT2D eigenvalue weighted by Gasteiger charge is 2.81. The number of aliphatic hydroxyl groups is 1. The van der Waals surface area contributed by atoms with Gasteiger partial charge < -0.3 is 19.5 Å². The Labute approximate surface area is 180 Å². The number of fused-ring (bicyclic) bond motifs is 2. The van der Waals surface area contributed by atoms with E-state index in [9.17, 15) is 5.11 Å². The monoisotopic (exact) mass is 411 g/mol. The predicted molar refractivity (Wildman–Crippen MR) is 117 cm³/mol. The molecule has 2 spiro atoms.